The molecule has 0 saturated carbocycles. The average molecular weight is 289 g/mol. The molecule has 0 radical (unpaired) electrons. The van der Waals surface area contributed by atoms with Crippen molar-refractivity contribution in [1.82, 2.24) is 10.3 Å². The Labute approximate surface area is 115 Å². The largest absolute Gasteiger partial charge is 0.433 e. The molecule has 1 aromatic heterocycles. The van der Waals surface area contributed by atoms with Gasteiger partial charge in [0.1, 0.15) is 11.5 Å². The van der Waals surface area contributed by atoms with Gasteiger partial charge < -0.3 is 15.4 Å². The molecule has 1 saturated heterocycles. The molecule has 20 heavy (non-hydrogen) atoms. The molecule has 0 amide bonds. The summed E-state index contributed by atoms with van der Waals surface area (Å²) in [5.74, 6) is 0.226. The number of aromatic nitrogens is 1. The molecule has 1 aromatic rings. The highest BCUT2D eigenvalue weighted by molar-refractivity contribution is 5.36. The molecule has 1 aliphatic rings. The second-order valence-corrected chi connectivity index (χ2v) is 5.00. The van der Waals surface area contributed by atoms with E-state index in [0.717, 1.165) is 25.5 Å². The second kappa shape index (κ2) is 5.97. The number of pyridine rings is 1. The molecule has 0 bridgehead atoms. The van der Waals surface area contributed by atoms with E-state index in [1.807, 2.05) is 0 Å². The molecule has 2 rings (SSSR count). The van der Waals surface area contributed by atoms with Crippen LogP contribution in [0.15, 0.2) is 18.2 Å². The van der Waals surface area contributed by atoms with Crippen molar-refractivity contribution in [3.63, 3.8) is 0 Å². The lowest BCUT2D eigenvalue weighted by Gasteiger charge is -2.29. The van der Waals surface area contributed by atoms with Gasteiger partial charge in [0.15, 0.2) is 0 Å². The van der Waals surface area contributed by atoms with Crippen molar-refractivity contribution in [1.29, 1.82) is 0 Å². The summed E-state index contributed by atoms with van der Waals surface area (Å²) in [6.07, 6.45) is -2.47. The van der Waals surface area contributed by atoms with Gasteiger partial charge in [0.25, 0.3) is 0 Å². The van der Waals surface area contributed by atoms with Crippen LogP contribution < -0.4 is 10.6 Å². The van der Waals surface area contributed by atoms with E-state index in [2.05, 4.69) is 15.6 Å². The van der Waals surface area contributed by atoms with E-state index in [4.69, 9.17) is 4.74 Å². The van der Waals surface area contributed by atoms with Crippen LogP contribution in [0.5, 0.6) is 0 Å². The van der Waals surface area contributed by atoms with Crippen molar-refractivity contribution in [3.05, 3.63) is 23.9 Å². The quantitative estimate of drug-likeness (QED) is 0.873. The van der Waals surface area contributed by atoms with Crippen molar-refractivity contribution in [2.45, 2.75) is 24.6 Å². The summed E-state index contributed by atoms with van der Waals surface area (Å²) >= 11 is 0. The number of anilines is 1. The van der Waals surface area contributed by atoms with Crippen LogP contribution in [0, 0.1) is 0 Å². The lowest BCUT2D eigenvalue weighted by molar-refractivity contribution is -0.141. The topological polar surface area (TPSA) is 46.2 Å². The monoisotopic (exact) mass is 289 g/mol. The second-order valence-electron chi connectivity index (χ2n) is 5.00. The maximum Gasteiger partial charge on any atom is 0.433 e. The van der Waals surface area contributed by atoms with E-state index in [-0.39, 0.29) is 11.4 Å². The van der Waals surface area contributed by atoms with Crippen molar-refractivity contribution < 1.29 is 17.9 Å². The Bertz CT molecular complexity index is 445. The molecule has 2 N–H and O–H groups in total. The van der Waals surface area contributed by atoms with Crippen LogP contribution in [0.4, 0.5) is 19.0 Å². The van der Waals surface area contributed by atoms with Crippen LogP contribution in [0.2, 0.25) is 0 Å². The lowest BCUT2D eigenvalue weighted by Crippen LogP contribution is -2.49. The molecule has 1 atom stereocenters. The summed E-state index contributed by atoms with van der Waals surface area (Å²) in [4.78, 5) is 3.59. The molecular weight excluding hydrogens is 271 g/mol. The van der Waals surface area contributed by atoms with Gasteiger partial charge in [0, 0.05) is 13.7 Å². The highest BCUT2D eigenvalue weighted by atomic mass is 19.4. The average Bonchev–Trinajstić information content (AvgIpc) is 2.85. The van der Waals surface area contributed by atoms with E-state index in [1.54, 1.807) is 7.11 Å². The molecule has 1 unspecified atom stereocenters. The van der Waals surface area contributed by atoms with Crippen LogP contribution in [-0.2, 0) is 10.9 Å². The van der Waals surface area contributed by atoms with Crippen molar-refractivity contribution in [3.8, 4) is 0 Å². The summed E-state index contributed by atoms with van der Waals surface area (Å²) < 4.78 is 42.9. The molecule has 4 nitrogen and oxygen atoms in total. The summed E-state index contributed by atoms with van der Waals surface area (Å²) in [7, 11) is 1.62. The highest BCUT2D eigenvalue weighted by Gasteiger charge is 2.34. The van der Waals surface area contributed by atoms with E-state index >= 15 is 0 Å². The van der Waals surface area contributed by atoms with Crippen molar-refractivity contribution in [2.24, 2.45) is 0 Å². The first-order chi connectivity index (χ1) is 9.45. The molecule has 0 aliphatic carbocycles. The Morgan fingerprint density at radius 1 is 1.45 bits per heavy atom. The normalized spacial score (nSPS) is 23.0. The molecule has 2 heterocycles. The lowest BCUT2D eigenvalue weighted by atomic mass is 9.99. The Hall–Kier alpha value is -1.34. The molecular formula is C13H18F3N3O. The van der Waals surface area contributed by atoms with Gasteiger partial charge in [-0.2, -0.15) is 13.2 Å². The van der Waals surface area contributed by atoms with E-state index in [9.17, 15) is 13.2 Å². The maximum absolute atomic E-state index is 12.6. The van der Waals surface area contributed by atoms with Gasteiger partial charge in [0.2, 0.25) is 0 Å². The van der Waals surface area contributed by atoms with Gasteiger partial charge >= 0.3 is 6.18 Å². The Balaban J connectivity index is 2.03. The molecule has 0 spiro atoms. The summed E-state index contributed by atoms with van der Waals surface area (Å²) in [5.41, 5.74) is -1.12. The van der Waals surface area contributed by atoms with Gasteiger partial charge in [-0.05, 0) is 31.5 Å². The fourth-order valence-corrected chi connectivity index (χ4v) is 2.42. The van der Waals surface area contributed by atoms with E-state index in [1.165, 1.54) is 12.1 Å². The summed E-state index contributed by atoms with van der Waals surface area (Å²) in [6, 6.07) is 3.85. The SMILES string of the molecule is COCC1(CNc2cccc(C(F)(F)F)n2)CCCN1. The number of nitrogens with one attached hydrogen (secondary N) is 2. The Morgan fingerprint density at radius 2 is 2.25 bits per heavy atom. The Kier molecular flexibility index (Phi) is 4.49. The summed E-state index contributed by atoms with van der Waals surface area (Å²) in [6.45, 7) is 1.88. The zero-order valence-corrected chi connectivity index (χ0v) is 11.3. The first kappa shape index (κ1) is 15.1. The predicted molar refractivity (Wildman–Crippen MR) is 69.6 cm³/mol. The molecule has 7 heteroatoms. The van der Waals surface area contributed by atoms with Crippen LogP contribution in [0.25, 0.3) is 0 Å². The smallest absolute Gasteiger partial charge is 0.383 e. The molecule has 0 aromatic carbocycles. The first-order valence-corrected chi connectivity index (χ1v) is 6.47. The third kappa shape index (κ3) is 3.61. The van der Waals surface area contributed by atoms with E-state index < -0.39 is 11.9 Å². The van der Waals surface area contributed by atoms with E-state index in [0.29, 0.717) is 13.2 Å². The highest BCUT2D eigenvalue weighted by Crippen LogP contribution is 2.28. The van der Waals surface area contributed by atoms with Crippen LogP contribution in [0.1, 0.15) is 18.5 Å². The first-order valence-electron chi connectivity index (χ1n) is 6.47. The third-order valence-corrected chi connectivity index (χ3v) is 3.40. The number of hydrogen-bond donors (Lipinski definition) is 2. The molecule has 1 aliphatic heterocycles. The summed E-state index contributed by atoms with van der Waals surface area (Å²) in [5, 5.41) is 6.32. The minimum absolute atomic E-state index is 0.226. The Morgan fingerprint density at radius 3 is 2.85 bits per heavy atom. The predicted octanol–water partition coefficient (Wildman–Crippen LogP) is 2.28. The molecule has 1 fully saturated rings. The standard InChI is InChI=1S/C13H18F3N3O/c1-20-9-12(6-3-7-18-12)8-17-11-5-2-4-10(19-11)13(14,15)16/h2,4-5,18H,3,6-9H2,1H3,(H,17,19). The molecule has 112 valence electrons. The van der Waals surface area contributed by atoms with Gasteiger partial charge in [-0.3, -0.25) is 0 Å². The zero-order chi connectivity index (χ0) is 14.6. The number of hydrogen-bond acceptors (Lipinski definition) is 4. The fraction of sp³-hybridized carbons (Fsp3) is 0.615. The fourth-order valence-electron chi connectivity index (χ4n) is 2.42. The van der Waals surface area contributed by atoms with Crippen LogP contribution in [0.3, 0.4) is 0 Å². The van der Waals surface area contributed by atoms with Gasteiger partial charge in [-0.25, -0.2) is 4.98 Å². The van der Waals surface area contributed by atoms with Crippen molar-refractivity contribution >= 4 is 5.82 Å². The number of ether oxygens (including phenoxy) is 1. The third-order valence-electron chi connectivity index (χ3n) is 3.40. The van der Waals surface area contributed by atoms with Gasteiger partial charge in [0.05, 0.1) is 12.1 Å². The van der Waals surface area contributed by atoms with Gasteiger partial charge in [-0.1, -0.05) is 6.07 Å². The van der Waals surface area contributed by atoms with Gasteiger partial charge in [-0.15, -0.1) is 0 Å². The zero-order valence-electron chi connectivity index (χ0n) is 11.3. The minimum atomic E-state index is -4.42. The number of methoxy groups -OCH3 is 1. The number of rotatable bonds is 5. The number of alkyl halides is 3. The number of nitrogens with zero attached hydrogens (tertiary/aromatic N) is 1. The maximum atomic E-state index is 12.6. The van der Waals surface area contributed by atoms with Crippen LogP contribution in [-0.4, -0.2) is 37.3 Å². The van der Waals surface area contributed by atoms with Crippen LogP contribution >= 0.6 is 0 Å². The number of halogens is 3. The van der Waals surface area contributed by atoms with Crippen molar-refractivity contribution in [2.75, 3.05) is 32.1 Å². The minimum Gasteiger partial charge on any atom is -0.383 e.